The number of ether oxygens (including phenoxy) is 2. The van der Waals surface area contributed by atoms with E-state index >= 15 is 0 Å². The van der Waals surface area contributed by atoms with Crippen LogP contribution in [0.1, 0.15) is 28.4 Å². The van der Waals surface area contributed by atoms with Crippen LogP contribution in [-0.2, 0) is 11.4 Å². The Morgan fingerprint density at radius 1 is 1.09 bits per heavy atom. The number of rotatable bonds is 9. The van der Waals surface area contributed by atoms with Gasteiger partial charge in [0.05, 0.1) is 15.7 Å². The minimum atomic E-state index is -1.11. The lowest BCUT2D eigenvalue weighted by molar-refractivity contribution is -0.112. The number of carboxylic acid groups (broad SMARTS) is 1. The summed E-state index contributed by atoms with van der Waals surface area (Å²) in [5.41, 5.74) is 1.77. The molecule has 0 aliphatic rings. The van der Waals surface area contributed by atoms with Crippen molar-refractivity contribution in [2.45, 2.75) is 13.5 Å². The standard InChI is InChI=1S/C26H21IN2O5/c1-2-33-23-13-18(12-22(27)24(23)34-16-17-7-4-3-5-8-17)11-20(15-28)25(30)29-21-10-6-9-19(14-21)26(31)32/h3-14H,2,16H2,1H3,(H,29,30)(H,31,32)/b20-11-. The molecule has 0 aliphatic carbocycles. The molecule has 0 aliphatic heterocycles. The molecule has 0 atom stereocenters. The average Bonchev–Trinajstić information content (AvgIpc) is 2.83. The lowest BCUT2D eigenvalue weighted by Gasteiger charge is -2.15. The van der Waals surface area contributed by atoms with Gasteiger partial charge < -0.3 is 19.9 Å². The average molecular weight is 568 g/mol. The van der Waals surface area contributed by atoms with Crippen LogP contribution in [0.3, 0.4) is 0 Å². The molecule has 0 radical (unpaired) electrons. The van der Waals surface area contributed by atoms with Crippen molar-refractivity contribution in [1.82, 2.24) is 0 Å². The van der Waals surface area contributed by atoms with Crippen LogP contribution in [0.15, 0.2) is 72.3 Å². The van der Waals surface area contributed by atoms with Crippen LogP contribution in [0, 0.1) is 14.9 Å². The maximum Gasteiger partial charge on any atom is 0.335 e. The Morgan fingerprint density at radius 3 is 2.53 bits per heavy atom. The molecular formula is C26H21IN2O5. The van der Waals surface area contributed by atoms with E-state index in [1.54, 1.807) is 18.2 Å². The molecule has 0 heterocycles. The smallest absolute Gasteiger partial charge is 0.335 e. The number of carboxylic acids is 1. The van der Waals surface area contributed by atoms with Crippen LogP contribution in [0.4, 0.5) is 5.69 Å². The van der Waals surface area contributed by atoms with E-state index in [1.165, 1.54) is 24.3 Å². The number of anilines is 1. The highest BCUT2D eigenvalue weighted by Crippen LogP contribution is 2.35. The second kappa shape index (κ2) is 11.9. The van der Waals surface area contributed by atoms with Crippen LogP contribution >= 0.6 is 22.6 Å². The number of hydrogen-bond acceptors (Lipinski definition) is 5. The summed E-state index contributed by atoms with van der Waals surface area (Å²) in [6.45, 7) is 2.64. The highest BCUT2D eigenvalue weighted by molar-refractivity contribution is 14.1. The number of aromatic carboxylic acids is 1. The molecule has 34 heavy (non-hydrogen) atoms. The fraction of sp³-hybridized carbons (Fsp3) is 0.115. The van der Waals surface area contributed by atoms with Gasteiger partial charge in [0.2, 0.25) is 0 Å². The maximum atomic E-state index is 12.6. The van der Waals surface area contributed by atoms with Gasteiger partial charge in [-0.1, -0.05) is 36.4 Å². The lowest BCUT2D eigenvalue weighted by Crippen LogP contribution is -2.14. The molecule has 0 saturated heterocycles. The summed E-state index contributed by atoms with van der Waals surface area (Å²) in [6, 6.07) is 20.9. The van der Waals surface area contributed by atoms with Gasteiger partial charge in [-0.05, 0) is 77.0 Å². The van der Waals surface area contributed by atoms with Crippen molar-refractivity contribution in [3.05, 3.63) is 92.6 Å². The summed E-state index contributed by atoms with van der Waals surface area (Å²) in [5.74, 6) is -0.678. The van der Waals surface area contributed by atoms with E-state index < -0.39 is 11.9 Å². The predicted octanol–water partition coefficient (Wildman–Crippen LogP) is 5.51. The van der Waals surface area contributed by atoms with Crippen LogP contribution in [0.25, 0.3) is 6.08 Å². The van der Waals surface area contributed by atoms with E-state index in [4.69, 9.17) is 14.6 Å². The van der Waals surface area contributed by atoms with E-state index in [0.717, 1.165) is 9.13 Å². The minimum absolute atomic E-state index is 0.0299. The fourth-order valence-electron chi connectivity index (χ4n) is 3.05. The topological polar surface area (TPSA) is 109 Å². The summed E-state index contributed by atoms with van der Waals surface area (Å²) in [6.07, 6.45) is 1.45. The van der Waals surface area contributed by atoms with Gasteiger partial charge in [-0.25, -0.2) is 4.79 Å². The molecule has 2 N–H and O–H groups in total. The Morgan fingerprint density at radius 2 is 1.85 bits per heavy atom. The quantitative estimate of drug-likeness (QED) is 0.200. The van der Waals surface area contributed by atoms with Gasteiger partial charge in [0.15, 0.2) is 11.5 Å². The molecule has 0 spiro atoms. The van der Waals surface area contributed by atoms with Crippen molar-refractivity contribution >= 4 is 46.2 Å². The number of halogens is 1. The SMILES string of the molecule is CCOc1cc(/C=C(/C#N)C(=O)Nc2cccc(C(=O)O)c2)cc(I)c1OCc1ccccc1. The second-order valence-electron chi connectivity index (χ2n) is 7.05. The van der Waals surface area contributed by atoms with E-state index in [1.807, 2.05) is 43.3 Å². The zero-order chi connectivity index (χ0) is 24.5. The minimum Gasteiger partial charge on any atom is -0.490 e. The third-order valence-electron chi connectivity index (χ3n) is 4.60. The number of carbonyl (C=O) groups is 2. The Bertz CT molecular complexity index is 1270. The van der Waals surface area contributed by atoms with Crippen LogP contribution < -0.4 is 14.8 Å². The molecule has 7 nitrogen and oxygen atoms in total. The third-order valence-corrected chi connectivity index (χ3v) is 5.40. The highest BCUT2D eigenvalue weighted by atomic mass is 127. The van der Waals surface area contributed by atoms with Gasteiger partial charge in [-0.15, -0.1) is 0 Å². The van der Waals surface area contributed by atoms with Gasteiger partial charge in [0.1, 0.15) is 18.2 Å². The number of nitrogens with one attached hydrogen (secondary N) is 1. The summed E-state index contributed by atoms with van der Waals surface area (Å²) in [4.78, 5) is 23.8. The van der Waals surface area contributed by atoms with E-state index in [2.05, 4.69) is 27.9 Å². The van der Waals surface area contributed by atoms with Gasteiger partial charge >= 0.3 is 5.97 Å². The summed E-state index contributed by atoms with van der Waals surface area (Å²) in [7, 11) is 0. The molecule has 3 aromatic rings. The van der Waals surface area contributed by atoms with Crippen molar-refractivity contribution in [1.29, 1.82) is 5.26 Å². The Balaban J connectivity index is 1.84. The predicted molar refractivity (Wildman–Crippen MR) is 137 cm³/mol. The lowest BCUT2D eigenvalue weighted by atomic mass is 10.1. The summed E-state index contributed by atoms with van der Waals surface area (Å²) >= 11 is 2.13. The highest BCUT2D eigenvalue weighted by Gasteiger charge is 2.15. The Hall–Kier alpha value is -3.84. The number of nitriles is 1. The monoisotopic (exact) mass is 568 g/mol. The summed E-state index contributed by atoms with van der Waals surface area (Å²) < 4.78 is 12.5. The van der Waals surface area contributed by atoms with Gasteiger partial charge in [-0.2, -0.15) is 5.26 Å². The maximum absolute atomic E-state index is 12.6. The van der Waals surface area contributed by atoms with Crippen molar-refractivity contribution in [3.8, 4) is 17.6 Å². The normalized spacial score (nSPS) is 10.8. The Labute approximate surface area is 210 Å². The van der Waals surface area contributed by atoms with E-state index in [0.29, 0.717) is 30.3 Å². The molecule has 1 amide bonds. The number of nitrogens with zero attached hydrogens (tertiary/aromatic N) is 1. The first kappa shape index (κ1) is 24.8. The molecule has 0 saturated carbocycles. The zero-order valence-electron chi connectivity index (χ0n) is 18.2. The van der Waals surface area contributed by atoms with Crippen molar-refractivity contribution in [3.63, 3.8) is 0 Å². The third kappa shape index (κ3) is 6.59. The molecule has 3 aromatic carbocycles. The van der Waals surface area contributed by atoms with E-state index in [9.17, 15) is 14.9 Å². The number of benzene rings is 3. The fourth-order valence-corrected chi connectivity index (χ4v) is 3.83. The molecule has 0 fully saturated rings. The van der Waals surface area contributed by atoms with Crippen molar-refractivity contribution < 1.29 is 24.2 Å². The Kier molecular flexibility index (Phi) is 8.65. The van der Waals surface area contributed by atoms with Crippen LogP contribution in [0.2, 0.25) is 0 Å². The number of hydrogen-bond donors (Lipinski definition) is 2. The first-order valence-corrected chi connectivity index (χ1v) is 11.4. The molecule has 0 unspecified atom stereocenters. The van der Waals surface area contributed by atoms with Crippen molar-refractivity contribution in [2.24, 2.45) is 0 Å². The zero-order valence-corrected chi connectivity index (χ0v) is 20.4. The first-order chi connectivity index (χ1) is 16.4. The number of carbonyl (C=O) groups excluding carboxylic acids is 1. The molecule has 172 valence electrons. The molecule has 8 heteroatoms. The molecular weight excluding hydrogens is 547 g/mol. The molecule has 3 rings (SSSR count). The summed E-state index contributed by atoms with van der Waals surface area (Å²) in [5, 5.41) is 21.2. The number of amides is 1. The van der Waals surface area contributed by atoms with Gasteiger partial charge in [-0.3, -0.25) is 4.79 Å². The van der Waals surface area contributed by atoms with Crippen LogP contribution in [0.5, 0.6) is 11.5 Å². The first-order valence-electron chi connectivity index (χ1n) is 10.3. The molecule has 0 aromatic heterocycles. The van der Waals surface area contributed by atoms with Crippen LogP contribution in [-0.4, -0.2) is 23.6 Å². The van der Waals surface area contributed by atoms with Gasteiger partial charge in [0, 0.05) is 5.69 Å². The second-order valence-corrected chi connectivity index (χ2v) is 8.21. The molecule has 0 bridgehead atoms. The largest absolute Gasteiger partial charge is 0.490 e. The van der Waals surface area contributed by atoms with Gasteiger partial charge in [0.25, 0.3) is 5.91 Å². The van der Waals surface area contributed by atoms with Crippen molar-refractivity contribution in [2.75, 3.05) is 11.9 Å². The van der Waals surface area contributed by atoms with E-state index in [-0.39, 0.29) is 16.8 Å².